The van der Waals surface area contributed by atoms with Gasteiger partial charge >= 0.3 is 6.09 Å². The monoisotopic (exact) mass is 565 g/mol. The summed E-state index contributed by atoms with van der Waals surface area (Å²) in [6.45, 7) is 6.40. The van der Waals surface area contributed by atoms with Crippen LogP contribution in [0, 0.1) is 11.6 Å². The molecule has 13 heteroatoms. The molecule has 1 atom stereocenters. The Balaban J connectivity index is 1.44. The van der Waals surface area contributed by atoms with Crippen LogP contribution >= 0.6 is 0 Å². The van der Waals surface area contributed by atoms with Crippen molar-refractivity contribution in [3.05, 3.63) is 76.3 Å². The molecule has 0 spiro atoms. The molecule has 0 saturated carbocycles. The van der Waals surface area contributed by atoms with Gasteiger partial charge in [0, 0.05) is 37.8 Å². The van der Waals surface area contributed by atoms with Gasteiger partial charge in [-0.25, -0.2) is 13.6 Å². The van der Waals surface area contributed by atoms with Crippen LogP contribution in [0.25, 0.3) is 16.6 Å². The number of carbonyl (C=O) groups is 2. The third-order valence-electron chi connectivity index (χ3n) is 6.43. The minimum absolute atomic E-state index is 0.193. The summed E-state index contributed by atoms with van der Waals surface area (Å²) in [5.74, 6) is -2.68. The van der Waals surface area contributed by atoms with Crippen molar-refractivity contribution in [3.8, 4) is 5.69 Å². The highest BCUT2D eigenvalue weighted by molar-refractivity contribution is 6.08. The summed E-state index contributed by atoms with van der Waals surface area (Å²) in [5, 5.41) is 14.9. The van der Waals surface area contributed by atoms with Crippen molar-refractivity contribution in [2.75, 3.05) is 23.3 Å². The lowest BCUT2D eigenvalue weighted by Crippen LogP contribution is -2.40. The molecule has 4 aromatic rings. The minimum Gasteiger partial charge on any atom is -0.444 e. The highest BCUT2D eigenvalue weighted by Gasteiger charge is 2.29. The predicted octanol–water partition coefficient (Wildman–Crippen LogP) is 3.75. The van der Waals surface area contributed by atoms with Crippen molar-refractivity contribution in [2.45, 2.75) is 38.8 Å². The number of halogens is 2. The number of carbonyl (C=O) groups excluding carboxylic acids is 2. The lowest BCUT2D eigenvalue weighted by atomic mass is 10.1. The molecular weight excluding hydrogens is 536 g/mol. The molecule has 1 saturated heterocycles. The Morgan fingerprint density at radius 1 is 1.02 bits per heavy atom. The standard InChI is InChI=1S/C28H29F2N7O4/c1-28(2,3)41-27(40)31-16-12-13-36(14-16)24-17-15-35(4)33-20(17)8-9-21(24)32-26(39)22-10-11-23(38)37(34-22)25-18(29)6-5-7-19(25)30/h5-11,15-16H,12-14H2,1-4H3,(H,31,40)(H,32,39)/t16-/m1/s1. The molecule has 2 amide bonds. The topological polar surface area (TPSA) is 123 Å². The van der Waals surface area contributed by atoms with E-state index in [0.717, 1.165) is 29.7 Å². The molecule has 214 valence electrons. The van der Waals surface area contributed by atoms with Crippen LogP contribution in [0.15, 0.2) is 53.5 Å². The Labute approximate surface area is 233 Å². The smallest absolute Gasteiger partial charge is 0.407 e. The Morgan fingerprint density at radius 2 is 1.76 bits per heavy atom. The maximum absolute atomic E-state index is 14.4. The molecular formula is C28H29F2N7O4. The fraction of sp³-hybridized carbons (Fsp3) is 0.321. The predicted molar refractivity (Wildman–Crippen MR) is 148 cm³/mol. The van der Waals surface area contributed by atoms with Gasteiger partial charge in [-0.05, 0) is 57.5 Å². The van der Waals surface area contributed by atoms with E-state index in [1.54, 1.807) is 44.6 Å². The molecule has 2 aromatic carbocycles. The molecule has 2 aromatic heterocycles. The number of anilines is 2. The Hall–Kier alpha value is -4.81. The number of hydrogen-bond donors (Lipinski definition) is 2. The average molecular weight is 566 g/mol. The lowest BCUT2D eigenvalue weighted by molar-refractivity contribution is 0.0509. The molecule has 0 aliphatic carbocycles. The van der Waals surface area contributed by atoms with E-state index in [1.165, 1.54) is 6.07 Å². The summed E-state index contributed by atoms with van der Waals surface area (Å²) >= 11 is 0. The normalized spacial score (nSPS) is 15.3. The number of fused-ring (bicyclic) bond motifs is 1. The van der Waals surface area contributed by atoms with Crippen LogP contribution in [0.2, 0.25) is 0 Å². The first-order valence-electron chi connectivity index (χ1n) is 13.0. The van der Waals surface area contributed by atoms with Gasteiger partial charge in [0.25, 0.3) is 11.5 Å². The first-order chi connectivity index (χ1) is 19.4. The van der Waals surface area contributed by atoms with Crippen LogP contribution in [-0.2, 0) is 11.8 Å². The number of amides is 2. The first kappa shape index (κ1) is 27.7. The second-order valence-corrected chi connectivity index (χ2v) is 10.8. The van der Waals surface area contributed by atoms with Crippen LogP contribution in [0.3, 0.4) is 0 Å². The fourth-order valence-corrected chi connectivity index (χ4v) is 4.76. The van der Waals surface area contributed by atoms with Gasteiger partial charge in [-0.1, -0.05) is 6.07 Å². The lowest BCUT2D eigenvalue weighted by Gasteiger charge is -2.24. The molecule has 1 fully saturated rings. The van der Waals surface area contributed by atoms with Gasteiger partial charge in [0.15, 0.2) is 11.6 Å². The third-order valence-corrected chi connectivity index (χ3v) is 6.43. The zero-order chi connectivity index (χ0) is 29.5. The van der Waals surface area contributed by atoms with Gasteiger partial charge in [-0.2, -0.15) is 14.9 Å². The number of nitrogens with zero attached hydrogens (tertiary/aromatic N) is 5. The van der Waals surface area contributed by atoms with E-state index in [2.05, 4.69) is 20.8 Å². The summed E-state index contributed by atoms with van der Waals surface area (Å²) in [5.41, 5.74) is -0.513. The van der Waals surface area contributed by atoms with Crippen LogP contribution in [0.1, 0.15) is 37.7 Å². The highest BCUT2D eigenvalue weighted by Crippen LogP contribution is 2.36. The third kappa shape index (κ3) is 5.88. The summed E-state index contributed by atoms with van der Waals surface area (Å²) in [6.07, 6.45) is 1.96. The second-order valence-electron chi connectivity index (χ2n) is 10.8. The van der Waals surface area contributed by atoms with E-state index in [-0.39, 0.29) is 11.7 Å². The fourth-order valence-electron chi connectivity index (χ4n) is 4.76. The van der Waals surface area contributed by atoms with E-state index in [1.807, 2.05) is 11.1 Å². The number of aromatic nitrogens is 4. The number of hydrogen-bond acceptors (Lipinski definition) is 7. The number of alkyl carbamates (subject to hydrolysis) is 1. The van der Waals surface area contributed by atoms with Crippen molar-refractivity contribution in [1.29, 1.82) is 0 Å². The van der Waals surface area contributed by atoms with Gasteiger partial charge in [0.05, 0.1) is 22.9 Å². The van der Waals surface area contributed by atoms with Gasteiger partial charge in [-0.15, -0.1) is 0 Å². The van der Waals surface area contributed by atoms with Crippen molar-refractivity contribution in [1.82, 2.24) is 24.9 Å². The Morgan fingerprint density at radius 3 is 2.46 bits per heavy atom. The summed E-state index contributed by atoms with van der Waals surface area (Å²) in [7, 11) is 1.79. The molecule has 0 unspecified atom stereocenters. The molecule has 5 rings (SSSR count). The quantitative estimate of drug-likeness (QED) is 0.378. The van der Waals surface area contributed by atoms with Crippen molar-refractivity contribution >= 4 is 34.3 Å². The molecule has 11 nitrogen and oxygen atoms in total. The Bertz CT molecular complexity index is 1690. The molecule has 41 heavy (non-hydrogen) atoms. The van der Waals surface area contributed by atoms with E-state index in [4.69, 9.17) is 4.74 Å². The molecule has 1 aliphatic rings. The molecule has 0 bridgehead atoms. The zero-order valence-corrected chi connectivity index (χ0v) is 22.9. The molecule has 3 heterocycles. The van der Waals surface area contributed by atoms with Crippen LogP contribution in [0.5, 0.6) is 0 Å². The van der Waals surface area contributed by atoms with Crippen LogP contribution in [0.4, 0.5) is 25.0 Å². The largest absolute Gasteiger partial charge is 0.444 e. The van der Waals surface area contributed by atoms with Gasteiger partial charge in [0.1, 0.15) is 17.0 Å². The van der Waals surface area contributed by atoms with Gasteiger partial charge in [0.2, 0.25) is 0 Å². The molecule has 0 radical (unpaired) electrons. The molecule has 2 N–H and O–H groups in total. The number of para-hydroxylation sites is 1. The van der Waals surface area contributed by atoms with Crippen molar-refractivity contribution < 1.29 is 23.1 Å². The van der Waals surface area contributed by atoms with Gasteiger partial charge in [-0.3, -0.25) is 14.3 Å². The number of aryl methyl sites for hydroxylation is 1. The van der Waals surface area contributed by atoms with E-state index in [0.29, 0.717) is 41.1 Å². The van der Waals surface area contributed by atoms with E-state index < -0.39 is 40.5 Å². The maximum atomic E-state index is 14.4. The minimum atomic E-state index is -0.995. The van der Waals surface area contributed by atoms with Crippen molar-refractivity contribution in [3.63, 3.8) is 0 Å². The Kier molecular flexibility index (Phi) is 7.20. The van der Waals surface area contributed by atoms with E-state index in [9.17, 15) is 23.2 Å². The van der Waals surface area contributed by atoms with Crippen molar-refractivity contribution in [2.24, 2.45) is 7.05 Å². The maximum Gasteiger partial charge on any atom is 0.407 e. The number of nitrogens with one attached hydrogen (secondary N) is 2. The summed E-state index contributed by atoms with van der Waals surface area (Å²) in [6, 6.07) is 8.62. The average Bonchev–Trinajstić information content (AvgIpc) is 3.49. The second kappa shape index (κ2) is 10.6. The first-order valence-corrected chi connectivity index (χ1v) is 13.0. The van der Waals surface area contributed by atoms with Crippen LogP contribution in [-0.4, -0.2) is 56.3 Å². The van der Waals surface area contributed by atoms with E-state index >= 15 is 0 Å². The summed E-state index contributed by atoms with van der Waals surface area (Å²) < 4.78 is 36.3. The number of ether oxygens (including phenoxy) is 1. The van der Waals surface area contributed by atoms with Crippen LogP contribution < -0.4 is 21.1 Å². The SMILES string of the molecule is Cn1cc2c(N3CC[C@@H](NC(=O)OC(C)(C)C)C3)c(NC(=O)c3ccc(=O)n(-c4c(F)cccc4F)n3)ccc2n1. The number of rotatable bonds is 5. The summed E-state index contributed by atoms with van der Waals surface area (Å²) in [4.78, 5) is 40.1. The molecule has 1 aliphatic heterocycles. The highest BCUT2D eigenvalue weighted by atomic mass is 19.1. The number of benzene rings is 2. The van der Waals surface area contributed by atoms with Gasteiger partial charge < -0.3 is 20.3 Å². The zero-order valence-electron chi connectivity index (χ0n) is 22.9.